The van der Waals surface area contributed by atoms with Crippen molar-refractivity contribution in [3.05, 3.63) is 107 Å². The van der Waals surface area contributed by atoms with Crippen molar-refractivity contribution in [1.82, 2.24) is 19.9 Å². The van der Waals surface area contributed by atoms with Gasteiger partial charge in [0.05, 0.1) is 21.5 Å². The maximum Gasteiger partial charge on any atom is 0.280 e. The molecule has 0 radical (unpaired) electrons. The van der Waals surface area contributed by atoms with Crippen LogP contribution in [0.2, 0.25) is 0 Å². The van der Waals surface area contributed by atoms with Crippen molar-refractivity contribution in [2.75, 3.05) is 43.7 Å². The van der Waals surface area contributed by atoms with Crippen LogP contribution in [0.4, 0.5) is 23.0 Å². The van der Waals surface area contributed by atoms with Gasteiger partial charge in [-0.25, -0.2) is 19.9 Å². The third-order valence-electron chi connectivity index (χ3n) is 6.56. The van der Waals surface area contributed by atoms with Crippen LogP contribution in [0.1, 0.15) is 0 Å². The number of hydrogen-bond acceptors (Lipinski definition) is 9. The van der Waals surface area contributed by atoms with Crippen molar-refractivity contribution >= 4 is 44.8 Å². The lowest BCUT2D eigenvalue weighted by atomic mass is 10.1. The fourth-order valence-corrected chi connectivity index (χ4v) is 4.56. The molecule has 0 fully saturated rings. The lowest BCUT2D eigenvalue weighted by Gasteiger charge is -2.15. The Morgan fingerprint density at radius 3 is 1.52 bits per heavy atom. The third kappa shape index (κ3) is 5.64. The molecule has 10 nitrogen and oxygen atoms in total. The number of nitrogen functional groups attached to an aromatic ring is 1. The summed E-state index contributed by atoms with van der Waals surface area (Å²) in [6, 6.07) is 29.8. The summed E-state index contributed by atoms with van der Waals surface area (Å²) in [7, 11) is 7.73. The topological polar surface area (TPSA) is 127 Å². The van der Waals surface area contributed by atoms with Gasteiger partial charge >= 0.3 is 0 Å². The van der Waals surface area contributed by atoms with E-state index in [0.29, 0.717) is 22.9 Å². The summed E-state index contributed by atoms with van der Waals surface area (Å²) in [6.45, 7) is 0. The molecule has 6 rings (SSSR count). The van der Waals surface area contributed by atoms with E-state index in [1.165, 1.54) is 6.07 Å². The maximum atomic E-state index is 11.2. The molecular formula is C32H30N8O2. The molecule has 4 aromatic carbocycles. The number of hydrogen-bond donors (Lipinski definition) is 1. The first-order valence-corrected chi connectivity index (χ1v) is 13.2. The van der Waals surface area contributed by atoms with Gasteiger partial charge in [-0.05, 0) is 42.5 Å². The second kappa shape index (κ2) is 11.8. The molecule has 0 aliphatic heterocycles. The Hall–Kier alpha value is -5.64. The van der Waals surface area contributed by atoms with Gasteiger partial charge in [0, 0.05) is 56.3 Å². The predicted octanol–water partition coefficient (Wildman–Crippen LogP) is 6.22. The van der Waals surface area contributed by atoms with Crippen molar-refractivity contribution in [2.24, 2.45) is 0 Å². The van der Waals surface area contributed by atoms with E-state index in [9.17, 15) is 10.1 Å². The number of rotatable bonds is 5. The smallest absolute Gasteiger partial charge is 0.280 e. The van der Waals surface area contributed by atoms with Gasteiger partial charge in [-0.15, -0.1) is 0 Å². The molecule has 0 saturated heterocycles. The molecule has 0 spiro atoms. The van der Waals surface area contributed by atoms with Crippen molar-refractivity contribution in [3.8, 4) is 22.8 Å². The molecular weight excluding hydrogens is 528 g/mol. The Bertz CT molecular complexity index is 1910. The van der Waals surface area contributed by atoms with Crippen LogP contribution in [0.15, 0.2) is 97.1 Å². The Morgan fingerprint density at radius 1 is 0.595 bits per heavy atom. The number of para-hydroxylation sites is 4. The molecule has 0 aliphatic rings. The SMILES string of the molecule is CN(C)c1nc(-c2ccccc2N)nc2ccccc12.CN(C)c1nc(-c2ccccc2[N+](=O)[O-])nc2ccccc12. The number of aromatic nitrogens is 4. The lowest BCUT2D eigenvalue weighted by Crippen LogP contribution is -2.12. The van der Waals surface area contributed by atoms with Crippen LogP contribution in [0.5, 0.6) is 0 Å². The highest BCUT2D eigenvalue weighted by Crippen LogP contribution is 2.31. The summed E-state index contributed by atoms with van der Waals surface area (Å²) in [5.41, 5.74) is 9.68. The van der Waals surface area contributed by atoms with Crippen LogP contribution in [0.3, 0.4) is 0 Å². The Labute approximate surface area is 243 Å². The number of benzene rings is 4. The molecule has 6 aromatic rings. The number of fused-ring (bicyclic) bond motifs is 2. The van der Waals surface area contributed by atoms with Crippen LogP contribution in [0, 0.1) is 10.1 Å². The molecule has 0 saturated carbocycles. The van der Waals surface area contributed by atoms with E-state index in [-0.39, 0.29) is 5.69 Å². The van der Waals surface area contributed by atoms with Gasteiger partial charge < -0.3 is 15.5 Å². The molecule has 2 N–H and O–H groups in total. The highest BCUT2D eigenvalue weighted by atomic mass is 16.6. The largest absolute Gasteiger partial charge is 0.398 e. The highest BCUT2D eigenvalue weighted by Gasteiger charge is 2.19. The monoisotopic (exact) mass is 558 g/mol. The molecule has 0 aliphatic carbocycles. The predicted molar refractivity (Wildman–Crippen MR) is 170 cm³/mol. The van der Waals surface area contributed by atoms with E-state index in [4.69, 9.17) is 5.73 Å². The second-order valence-electron chi connectivity index (χ2n) is 9.93. The van der Waals surface area contributed by atoms with Crippen LogP contribution >= 0.6 is 0 Å². The molecule has 10 heteroatoms. The Balaban J connectivity index is 0.000000169. The standard InChI is InChI=1S/C16H14N4O2.C16H16N4/c1-19(2)16-11-7-3-5-9-13(11)17-15(18-16)12-8-4-6-10-14(12)20(21)22;1-20(2)16-12-8-4-6-10-14(12)18-15(19-16)11-7-3-5-9-13(11)17/h3-10H,1-2H3;3-10H,17H2,1-2H3. The molecule has 0 unspecified atom stereocenters. The zero-order valence-corrected chi connectivity index (χ0v) is 23.8. The summed E-state index contributed by atoms with van der Waals surface area (Å²) >= 11 is 0. The summed E-state index contributed by atoms with van der Waals surface area (Å²) in [4.78, 5) is 33.0. The van der Waals surface area contributed by atoms with E-state index >= 15 is 0 Å². The first-order chi connectivity index (χ1) is 20.2. The van der Waals surface area contributed by atoms with Crippen LogP contribution in [-0.2, 0) is 0 Å². The summed E-state index contributed by atoms with van der Waals surface area (Å²) < 4.78 is 0. The minimum Gasteiger partial charge on any atom is -0.398 e. The summed E-state index contributed by atoms with van der Waals surface area (Å²) in [6.07, 6.45) is 0. The highest BCUT2D eigenvalue weighted by molar-refractivity contribution is 5.92. The van der Waals surface area contributed by atoms with E-state index in [1.54, 1.807) is 18.2 Å². The van der Waals surface area contributed by atoms with Gasteiger partial charge in [0.1, 0.15) is 11.6 Å². The van der Waals surface area contributed by atoms with Gasteiger partial charge in [-0.3, -0.25) is 10.1 Å². The number of nitro benzene ring substituents is 1. The Morgan fingerprint density at radius 2 is 1.02 bits per heavy atom. The van der Waals surface area contributed by atoms with E-state index < -0.39 is 4.92 Å². The average Bonchev–Trinajstić information content (AvgIpc) is 3.00. The molecule has 2 aromatic heterocycles. The number of anilines is 3. The average molecular weight is 559 g/mol. The minimum absolute atomic E-state index is 0.00230. The van der Waals surface area contributed by atoms with E-state index in [1.807, 2.05) is 111 Å². The molecule has 0 atom stereocenters. The third-order valence-corrected chi connectivity index (χ3v) is 6.56. The van der Waals surface area contributed by atoms with E-state index in [0.717, 1.165) is 39.0 Å². The fraction of sp³-hybridized carbons (Fsp3) is 0.125. The Kier molecular flexibility index (Phi) is 7.87. The first-order valence-electron chi connectivity index (χ1n) is 13.2. The minimum atomic E-state index is -0.413. The quantitative estimate of drug-likeness (QED) is 0.149. The normalized spacial score (nSPS) is 10.7. The van der Waals surface area contributed by atoms with Crippen molar-refractivity contribution in [1.29, 1.82) is 0 Å². The molecule has 0 amide bonds. The number of nitro groups is 1. The molecule has 210 valence electrons. The van der Waals surface area contributed by atoms with Gasteiger partial charge in [-0.2, -0.15) is 0 Å². The van der Waals surface area contributed by atoms with Crippen LogP contribution in [0.25, 0.3) is 44.6 Å². The van der Waals surface area contributed by atoms with Crippen molar-refractivity contribution < 1.29 is 4.92 Å². The zero-order chi connectivity index (χ0) is 29.8. The molecule has 2 heterocycles. The first kappa shape index (κ1) is 27.9. The number of nitrogens with two attached hydrogens (primary N) is 1. The van der Waals surface area contributed by atoms with Crippen molar-refractivity contribution in [3.63, 3.8) is 0 Å². The van der Waals surface area contributed by atoms with E-state index in [2.05, 4.69) is 19.9 Å². The van der Waals surface area contributed by atoms with Gasteiger partial charge in [0.25, 0.3) is 5.69 Å². The van der Waals surface area contributed by atoms with Crippen molar-refractivity contribution in [2.45, 2.75) is 0 Å². The molecule has 0 bridgehead atoms. The van der Waals surface area contributed by atoms with Gasteiger partial charge in [0.2, 0.25) is 0 Å². The fourth-order valence-electron chi connectivity index (χ4n) is 4.56. The van der Waals surface area contributed by atoms with Gasteiger partial charge in [0.15, 0.2) is 11.6 Å². The van der Waals surface area contributed by atoms with Crippen LogP contribution < -0.4 is 15.5 Å². The number of nitrogens with zero attached hydrogens (tertiary/aromatic N) is 7. The summed E-state index contributed by atoms with van der Waals surface area (Å²) in [5, 5.41) is 13.2. The van der Waals surface area contributed by atoms with Crippen LogP contribution in [-0.4, -0.2) is 53.0 Å². The summed E-state index contributed by atoms with van der Waals surface area (Å²) in [5.74, 6) is 2.65. The lowest BCUT2D eigenvalue weighted by molar-refractivity contribution is -0.384. The second-order valence-corrected chi connectivity index (χ2v) is 9.93. The maximum absolute atomic E-state index is 11.2. The van der Waals surface area contributed by atoms with Gasteiger partial charge in [-0.1, -0.05) is 48.5 Å². The molecule has 42 heavy (non-hydrogen) atoms. The zero-order valence-electron chi connectivity index (χ0n) is 23.8.